The van der Waals surface area contributed by atoms with E-state index in [4.69, 9.17) is 14.5 Å². The van der Waals surface area contributed by atoms with Crippen molar-refractivity contribution in [3.8, 4) is 11.5 Å². The third kappa shape index (κ3) is 6.72. The molecular weight excluding hydrogens is 620 g/mol. The van der Waals surface area contributed by atoms with Crippen molar-refractivity contribution in [2.75, 3.05) is 67.8 Å². The molecule has 13 heteroatoms. The number of methoxy groups -OCH3 is 2. The summed E-state index contributed by atoms with van der Waals surface area (Å²) in [5, 5.41) is 9.87. The number of hydrogen-bond acceptors (Lipinski definition) is 10. The molecular formula is C35H37F2N7O4. The highest BCUT2D eigenvalue weighted by Crippen LogP contribution is 2.36. The van der Waals surface area contributed by atoms with Crippen LogP contribution >= 0.6 is 0 Å². The first kappa shape index (κ1) is 32.6. The second kappa shape index (κ2) is 13.8. The minimum atomic E-state index is -1.13. The minimum Gasteiger partial charge on any atom is -0.494 e. The molecule has 0 unspecified atom stereocenters. The average molecular weight is 658 g/mol. The molecule has 2 aliphatic rings. The molecule has 0 atom stereocenters. The number of carbonyl (C=O) groups is 2. The van der Waals surface area contributed by atoms with Crippen molar-refractivity contribution in [1.29, 1.82) is 0 Å². The fraction of sp³-hybridized carbons (Fsp3) is 0.314. The van der Waals surface area contributed by atoms with Gasteiger partial charge in [0.05, 0.1) is 36.7 Å². The van der Waals surface area contributed by atoms with Gasteiger partial charge in [0.1, 0.15) is 17.2 Å². The summed E-state index contributed by atoms with van der Waals surface area (Å²) in [5.41, 5.74) is 1.81. The van der Waals surface area contributed by atoms with Gasteiger partial charge in [-0.15, -0.1) is 0 Å². The van der Waals surface area contributed by atoms with Crippen molar-refractivity contribution < 1.29 is 27.8 Å². The van der Waals surface area contributed by atoms with Gasteiger partial charge in [-0.05, 0) is 49.7 Å². The molecule has 1 saturated heterocycles. The Bertz CT molecular complexity index is 1860. The van der Waals surface area contributed by atoms with Gasteiger partial charge in [0.2, 0.25) is 11.7 Å². The molecule has 1 amide bonds. The van der Waals surface area contributed by atoms with Gasteiger partial charge < -0.3 is 35.2 Å². The van der Waals surface area contributed by atoms with Gasteiger partial charge in [-0.3, -0.25) is 9.59 Å². The van der Waals surface area contributed by atoms with E-state index < -0.39 is 23.0 Å². The van der Waals surface area contributed by atoms with Crippen LogP contribution in [-0.4, -0.2) is 79.5 Å². The Hall–Kier alpha value is -5.30. The van der Waals surface area contributed by atoms with Crippen molar-refractivity contribution >= 4 is 51.3 Å². The molecule has 2 aromatic heterocycles. The number of nitrogens with zero attached hydrogens (tertiary/aromatic N) is 4. The van der Waals surface area contributed by atoms with Crippen LogP contribution in [0.15, 0.2) is 55.3 Å². The molecule has 3 N–H and O–H groups in total. The van der Waals surface area contributed by atoms with E-state index in [1.165, 1.54) is 32.6 Å². The zero-order valence-corrected chi connectivity index (χ0v) is 27.0. The number of piperazine rings is 1. The van der Waals surface area contributed by atoms with Crippen molar-refractivity contribution in [2.45, 2.75) is 25.8 Å². The quantitative estimate of drug-likeness (QED) is 0.129. The zero-order valence-electron chi connectivity index (χ0n) is 27.0. The summed E-state index contributed by atoms with van der Waals surface area (Å²) in [6, 6.07) is 10.1. The molecule has 4 aromatic rings. The molecule has 0 bridgehead atoms. The molecule has 2 aromatic carbocycles. The molecule has 1 aliphatic heterocycles. The van der Waals surface area contributed by atoms with Crippen molar-refractivity contribution in [1.82, 2.24) is 14.9 Å². The third-order valence-corrected chi connectivity index (χ3v) is 8.56. The van der Waals surface area contributed by atoms with E-state index in [2.05, 4.69) is 44.2 Å². The normalized spacial score (nSPS) is 14.8. The first-order chi connectivity index (χ1) is 23.2. The van der Waals surface area contributed by atoms with E-state index in [0.29, 0.717) is 28.1 Å². The van der Waals surface area contributed by atoms with Gasteiger partial charge in [0.25, 0.3) is 0 Å². The van der Waals surface area contributed by atoms with Crippen LogP contribution in [0.1, 0.15) is 35.7 Å². The lowest BCUT2D eigenvalue weighted by Crippen LogP contribution is -2.46. The van der Waals surface area contributed by atoms with E-state index >= 15 is 8.78 Å². The summed E-state index contributed by atoms with van der Waals surface area (Å²) in [6.07, 6.45) is 4.47. The summed E-state index contributed by atoms with van der Waals surface area (Å²) in [6.45, 7) is 10.4. The third-order valence-electron chi connectivity index (χ3n) is 8.56. The van der Waals surface area contributed by atoms with Gasteiger partial charge in [0.15, 0.2) is 23.1 Å². The van der Waals surface area contributed by atoms with Gasteiger partial charge in [-0.25, -0.2) is 18.7 Å². The lowest BCUT2D eigenvalue weighted by atomic mass is 10.00. The van der Waals surface area contributed by atoms with E-state index in [-0.39, 0.29) is 34.8 Å². The summed E-state index contributed by atoms with van der Waals surface area (Å²) < 4.78 is 40.7. The second-order valence-electron chi connectivity index (χ2n) is 11.6. The number of amides is 1. The minimum absolute atomic E-state index is 0.0187. The number of anilines is 5. The predicted octanol–water partition coefficient (Wildman–Crippen LogP) is 5.74. The topological polar surface area (TPSA) is 121 Å². The first-order valence-electron chi connectivity index (χ1n) is 15.8. The molecule has 3 heterocycles. The molecule has 1 saturated carbocycles. The predicted molar refractivity (Wildman–Crippen MR) is 182 cm³/mol. The number of nitrogens with one attached hydrogen (secondary N) is 3. The molecule has 48 heavy (non-hydrogen) atoms. The van der Waals surface area contributed by atoms with Crippen LogP contribution in [0.25, 0.3) is 10.9 Å². The van der Waals surface area contributed by atoms with Crippen LogP contribution in [-0.2, 0) is 4.79 Å². The Morgan fingerprint density at radius 2 is 1.71 bits per heavy atom. The van der Waals surface area contributed by atoms with Gasteiger partial charge in [0, 0.05) is 61.6 Å². The first-order valence-corrected chi connectivity index (χ1v) is 15.8. The Morgan fingerprint density at radius 3 is 2.33 bits per heavy atom. The Labute approximate surface area is 276 Å². The number of aromatic nitrogens is 2. The Balaban J connectivity index is 1.34. The van der Waals surface area contributed by atoms with E-state index in [1.807, 2.05) is 18.2 Å². The van der Waals surface area contributed by atoms with Gasteiger partial charge >= 0.3 is 0 Å². The summed E-state index contributed by atoms with van der Waals surface area (Å²) in [5.74, 6) is -3.56. The van der Waals surface area contributed by atoms with Crippen LogP contribution in [0.4, 0.5) is 37.5 Å². The van der Waals surface area contributed by atoms with E-state index in [1.54, 1.807) is 6.07 Å². The van der Waals surface area contributed by atoms with Gasteiger partial charge in [-0.2, -0.15) is 0 Å². The molecule has 11 nitrogen and oxygen atoms in total. The highest BCUT2D eigenvalue weighted by Gasteiger charge is 2.31. The fourth-order valence-electron chi connectivity index (χ4n) is 5.65. The van der Waals surface area contributed by atoms with E-state index in [9.17, 15) is 9.59 Å². The second-order valence-corrected chi connectivity index (χ2v) is 11.6. The number of likely N-dealkylation sites (N-methyl/N-ethyl adjacent to an activating group) is 1. The number of benzene rings is 2. The fourth-order valence-corrected chi connectivity index (χ4v) is 5.65. The zero-order chi connectivity index (χ0) is 33.9. The number of carbonyl (C=O) groups excluding carboxylic acids is 2. The number of ketones is 1. The Morgan fingerprint density at radius 1 is 1.00 bits per heavy atom. The SMILES string of the molecule is C=CC(=O)Nc1cc(N2CCN(CC)CC2)ccc1Nc1cc2nc(NC3CC3)c(C(=O)c3c(F)c(OC)cc(OC)c3F)cc2cn1. The van der Waals surface area contributed by atoms with Crippen molar-refractivity contribution in [3.05, 3.63) is 78.0 Å². The summed E-state index contributed by atoms with van der Waals surface area (Å²) in [4.78, 5) is 40.0. The van der Waals surface area contributed by atoms with E-state index in [0.717, 1.165) is 57.3 Å². The monoisotopic (exact) mass is 657 g/mol. The number of hydrogen-bond donors (Lipinski definition) is 3. The molecule has 0 radical (unpaired) electrons. The molecule has 250 valence electrons. The number of pyridine rings is 2. The van der Waals surface area contributed by atoms with Crippen LogP contribution in [0.2, 0.25) is 0 Å². The lowest BCUT2D eigenvalue weighted by Gasteiger charge is -2.35. The van der Waals surface area contributed by atoms with Crippen molar-refractivity contribution in [3.63, 3.8) is 0 Å². The number of rotatable bonds is 12. The van der Waals surface area contributed by atoms with Crippen LogP contribution in [0, 0.1) is 11.6 Å². The highest BCUT2D eigenvalue weighted by molar-refractivity contribution is 6.14. The summed E-state index contributed by atoms with van der Waals surface area (Å²) >= 11 is 0. The highest BCUT2D eigenvalue weighted by atomic mass is 19.1. The summed E-state index contributed by atoms with van der Waals surface area (Å²) in [7, 11) is 2.44. The maximum Gasteiger partial charge on any atom is 0.247 e. The largest absolute Gasteiger partial charge is 0.494 e. The maximum absolute atomic E-state index is 15.3. The Kier molecular flexibility index (Phi) is 9.40. The number of halogens is 2. The van der Waals surface area contributed by atoms with Crippen LogP contribution < -0.4 is 30.3 Å². The molecule has 0 spiro atoms. The maximum atomic E-state index is 15.3. The number of fused-ring (bicyclic) bond motifs is 1. The smallest absolute Gasteiger partial charge is 0.247 e. The lowest BCUT2D eigenvalue weighted by molar-refractivity contribution is -0.111. The van der Waals surface area contributed by atoms with Gasteiger partial charge in [-0.1, -0.05) is 13.5 Å². The van der Waals surface area contributed by atoms with Crippen LogP contribution in [0.3, 0.4) is 0 Å². The number of ether oxygens (including phenoxy) is 2. The van der Waals surface area contributed by atoms with Crippen LogP contribution in [0.5, 0.6) is 11.5 Å². The van der Waals surface area contributed by atoms with Crippen molar-refractivity contribution in [2.24, 2.45) is 0 Å². The standard InChI is InChI=1S/C35H37F2N7O4/c1-5-30(45)41-26-16-22(44-13-11-43(6-2)12-14-44)9-10-24(26)40-29-17-25-20(19-38-29)15-23(35(42-25)39-21-7-8-21)34(46)31-32(36)27(47-3)18-28(48-4)33(31)37/h5,9-10,15-19,21H,1,6-8,11-14H2,2-4H3,(H,38,40)(H,39,42)(H,41,45). The average Bonchev–Trinajstić information content (AvgIpc) is 3.93. The molecule has 1 aliphatic carbocycles. The molecule has 6 rings (SSSR count). The molecule has 2 fully saturated rings.